The van der Waals surface area contributed by atoms with E-state index in [1.165, 1.54) is 29.5 Å². The Morgan fingerprint density at radius 3 is 2.44 bits per heavy atom. The number of carboxylic acids is 1. The van der Waals surface area contributed by atoms with Gasteiger partial charge in [0.15, 0.2) is 5.17 Å². The van der Waals surface area contributed by atoms with Crippen LogP contribution in [0.2, 0.25) is 0 Å². The van der Waals surface area contributed by atoms with Crippen molar-refractivity contribution in [2.24, 2.45) is 4.99 Å². The molecule has 3 rings (SSSR count). The number of carbonyl (C=O) groups excluding carboxylic acids is 1. The molecule has 6 heteroatoms. The third kappa shape index (κ3) is 4.16. The van der Waals surface area contributed by atoms with Crippen LogP contribution in [-0.4, -0.2) is 22.2 Å². The molecule has 0 spiro atoms. The summed E-state index contributed by atoms with van der Waals surface area (Å²) in [5.74, 6) is -1.19. The molecule has 1 aliphatic heterocycles. The summed E-state index contributed by atoms with van der Waals surface area (Å²) in [5.41, 5.74) is 2.99. The molecule has 25 heavy (non-hydrogen) atoms. The van der Waals surface area contributed by atoms with Gasteiger partial charge in [0.25, 0.3) is 5.91 Å². The minimum Gasteiger partial charge on any atom is -0.478 e. The standard InChI is InChI=1S/C19H16N2O3S/c1-2-12-5-9-15(10-6-12)20-19-21-17(22)16(25-19)11-13-3-7-14(8-4-13)18(23)24/h3-11H,2H2,1H3,(H,23,24)(H,20,21,22)/b16-11-. The van der Waals surface area contributed by atoms with Crippen LogP contribution >= 0.6 is 11.8 Å². The maximum Gasteiger partial charge on any atom is 0.335 e. The van der Waals surface area contributed by atoms with Crippen molar-refractivity contribution in [2.75, 3.05) is 0 Å². The molecule has 1 saturated heterocycles. The van der Waals surface area contributed by atoms with Crippen LogP contribution in [0.3, 0.4) is 0 Å². The number of nitrogens with zero attached hydrogens (tertiary/aromatic N) is 1. The van der Waals surface area contributed by atoms with Crippen molar-refractivity contribution in [1.29, 1.82) is 0 Å². The lowest BCUT2D eigenvalue weighted by Crippen LogP contribution is -2.19. The summed E-state index contributed by atoms with van der Waals surface area (Å²) >= 11 is 1.26. The number of rotatable bonds is 4. The molecular formula is C19H16N2O3S. The first-order chi connectivity index (χ1) is 12.0. The smallest absolute Gasteiger partial charge is 0.335 e. The van der Waals surface area contributed by atoms with Gasteiger partial charge in [-0.2, -0.15) is 0 Å². The number of aliphatic imine (C=N–C) groups is 1. The van der Waals surface area contributed by atoms with Crippen molar-refractivity contribution >= 4 is 40.6 Å². The van der Waals surface area contributed by atoms with Gasteiger partial charge in [0, 0.05) is 0 Å². The monoisotopic (exact) mass is 352 g/mol. The Labute approximate surface area is 149 Å². The lowest BCUT2D eigenvalue weighted by molar-refractivity contribution is -0.115. The predicted octanol–water partition coefficient (Wildman–Crippen LogP) is 3.84. The van der Waals surface area contributed by atoms with Gasteiger partial charge < -0.3 is 10.4 Å². The average Bonchev–Trinajstić information content (AvgIpc) is 2.95. The number of carboxylic acid groups (broad SMARTS) is 1. The van der Waals surface area contributed by atoms with Gasteiger partial charge in [0.1, 0.15) is 0 Å². The molecule has 2 aromatic carbocycles. The Bertz CT molecular complexity index is 869. The van der Waals surface area contributed by atoms with Crippen molar-refractivity contribution < 1.29 is 14.7 Å². The first kappa shape index (κ1) is 17.0. The summed E-state index contributed by atoms with van der Waals surface area (Å²) in [6.45, 7) is 2.09. The number of hydrogen-bond acceptors (Lipinski definition) is 4. The number of hydrogen-bond donors (Lipinski definition) is 2. The fourth-order valence-electron chi connectivity index (χ4n) is 2.28. The van der Waals surface area contributed by atoms with Gasteiger partial charge in [-0.15, -0.1) is 0 Å². The first-order valence-corrected chi connectivity index (χ1v) is 8.58. The number of nitrogens with one attached hydrogen (secondary N) is 1. The molecule has 0 unspecified atom stereocenters. The second kappa shape index (κ2) is 7.36. The molecule has 1 heterocycles. The summed E-state index contributed by atoms with van der Waals surface area (Å²) in [6, 6.07) is 14.2. The quantitative estimate of drug-likeness (QED) is 0.820. The van der Waals surface area contributed by atoms with Gasteiger partial charge in [-0.3, -0.25) is 4.79 Å². The van der Waals surface area contributed by atoms with E-state index in [2.05, 4.69) is 17.2 Å². The van der Waals surface area contributed by atoms with Crippen molar-refractivity contribution in [3.05, 3.63) is 70.1 Å². The van der Waals surface area contributed by atoms with E-state index in [1.54, 1.807) is 18.2 Å². The number of benzene rings is 2. The molecule has 1 amide bonds. The Morgan fingerprint density at radius 2 is 1.84 bits per heavy atom. The molecule has 5 nitrogen and oxygen atoms in total. The zero-order valence-electron chi connectivity index (χ0n) is 13.5. The molecule has 0 saturated carbocycles. The molecule has 2 aromatic rings. The van der Waals surface area contributed by atoms with Crippen LogP contribution < -0.4 is 5.32 Å². The van der Waals surface area contributed by atoms with Crippen LogP contribution in [0.5, 0.6) is 0 Å². The molecule has 0 aromatic heterocycles. The molecule has 0 radical (unpaired) electrons. The average molecular weight is 352 g/mol. The van der Waals surface area contributed by atoms with Gasteiger partial charge >= 0.3 is 5.97 Å². The van der Waals surface area contributed by atoms with Crippen molar-refractivity contribution in [3.63, 3.8) is 0 Å². The first-order valence-electron chi connectivity index (χ1n) is 7.77. The van der Waals surface area contributed by atoms with E-state index in [0.29, 0.717) is 10.1 Å². The van der Waals surface area contributed by atoms with Crippen LogP contribution in [0.25, 0.3) is 6.08 Å². The van der Waals surface area contributed by atoms with E-state index in [-0.39, 0.29) is 11.5 Å². The lowest BCUT2D eigenvalue weighted by Gasteiger charge is -1.98. The minimum absolute atomic E-state index is 0.212. The highest BCUT2D eigenvalue weighted by Crippen LogP contribution is 2.28. The van der Waals surface area contributed by atoms with E-state index in [0.717, 1.165) is 17.7 Å². The maximum absolute atomic E-state index is 12.1. The molecule has 0 atom stereocenters. The Kier molecular flexibility index (Phi) is 5.00. The van der Waals surface area contributed by atoms with Crippen LogP contribution in [-0.2, 0) is 11.2 Å². The predicted molar refractivity (Wildman–Crippen MR) is 100 cm³/mol. The maximum atomic E-state index is 12.1. The summed E-state index contributed by atoms with van der Waals surface area (Å²) in [5, 5.41) is 12.2. The van der Waals surface area contributed by atoms with E-state index < -0.39 is 5.97 Å². The number of amidine groups is 1. The molecule has 2 N–H and O–H groups in total. The van der Waals surface area contributed by atoms with Gasteiger partial charge in [-0.25, -0.2) is 9.79 Å². The van der Waals surface area contributed by atoms with E-state index >= 15 is 0 Å². The molecule has 1 aliphatic rings. The SMILES string of the molecule is CCc1ccc(N=C2NC(=O)/C(=C/c3ccc(C(=O)O)cc3)S2)cc1. The lowest BCUT2D eigenvalue weighted by atomic mass is 10.1. The third-order valence-corrected chi connectivity index (χ3v) is 4.59. The van der Waals surface area contributed by atoms with Gasteiger partial charge in [-0.1, -0.05) is 31.2 Å². The van der Waals surface area contributed by atoms with Crippen LogP contribution in [0.1, 0.15) is 28.4 Å². The fraction of sp³-hybridized carbons (Fsp3) is 0.105. The third-order valence-electron chi connectivity index (χ3n) is 3.68. The number of aromatic carboxylic acids is 1. The summed E-state index contributed by atoms with van der Waals surface area (Å²) in [4.78, 5) is 27.9. The Balaban J connectivity index is 1.77. The highest BCUT2D eigenvalue weighted by Gasteiger charge is 2.23. The van der Waals surface area contributed by atoms with Crippen molar-refractivity contribution in [3.8, 4) is 0 Å². The van der Waals surface area contributed by atoms with Crippen molar-refractivity contribution in [2.45, 2.75) is 13.3 Å². The van der Waals surface area contributed by atoms with Crippen LogP contribution in [0.15, 0.2) is 58.4 Å². The second-order valence-corrected chi connectivity index (χ2v) is 6.46. The van der Waals surface area contributed by atoms with Gasteiger partial charge in [-0.05, 0) is 59.7 Å². The normalized spacial score (nSPS) is 17.1. The van der Waals surface area contributed by atoms with Gasteiger partial charge in [0.2, 0.25) is 0 Å². The van der Waals surface area contributed by atoms with Crippen LogP contribution in [0, 0.1) is 0 Å². The van der Waals surface area contributed by atoms with Gasteiger partial charge in [0.05, 0.1) is 16.2 Å². The number of thioether (sulfide) groups is 1. The summed E-state index contributed by atoms with van der Waals surface area (Å²) in [6.07, 6.45) is 2.68. The highest BCUT2D eigenvalue weighted by atomic mass is 32.2. The molecular weight excluding hydrogens is 336 g/mol. The number of aryl methyl sites for hydroxylation is 1. The summed E-state index contributed by atoms with van der Waals surface area (Å²) < 4.78 is 0. The minimum atomic E-state index is -0.976. The Hall–Kier alpha value is -2.86. The second-order valence-electron chi connectivity index (χ2n) is 5.43. The van der Waals surface area contributed by atoms with E-state index in [1.807, 2.05) is 24.3 Å². The van der Waals surface area contributed by atoms with Crippen molar-refractivity contribution in [1.82, 2.24) is 5.32 Å². The zero-order chi connectivity index (χ0) is 17.8. The van der Waals surface area contributed by atoms with E-state index in [9.17, 15) is 9.59 Å². The largest absolute Gasteiger partial charge is 0.478 e. The number of carbonyl (C=O) groups is 2. The molecule has 126 valence electrons. The molecule has 1 fully saturated rings. The zero-order valence-corrected chi connectivity index (χ0v) is 14.3. The number of amides is 1. The summed E-state index contributed by atoms with van der Waals surface area (Å²) in [7, 11) is 0. The molecule has 0 aliphatic carbocycles. The topological polar surface area (TPSA) is 78.8 Å². The Morgan fingerprint density at radius 1 is 1.16 bits per heavy atom. The van der Waals surface area contributed by atoms with Crippen LogP contribution in [0.4, 0.5) is 5.69 Å². The van der Waals surface area contributed by atoms with E-state index in [4.69, 9.17) is 5.11 Å². The highest BCUT2D eigenvalue weighted by molar-refractivity contribution is 8.18. The fourth-order valence-corrected chi connectivity index (χ4v) is 3.12. The molecule has 0 bridgehead atoms.